The molecule has 2 aromatic carbocycles. The number of hydrogen-bond acceptors (Lipinski definition) is 3. The standard InChI is InChI=1S/C15H17NOS/c1-11(16)15-13(17-2)9-6-10-14(15)18-12-7-4-3-5-8-12/h3-11H,16H2,1-2H3/t11-/m1/s1. The average Bonchev–Trinajstić information content (AvgIpc) is 2.39. The second-order valence-corrected chi connectivity index (χ2v) is 5.19. The molecule has 3 heteroatoms. The quantitative estimate of drug-likeness (QED) is 0.905. The molecule has 0 saturated heterocycles. The van der Waals surface area contributed by atoms with Gasteiger partial charge in [0.15, 0.2) is 0 Å². The van der Waals surface area contributed by atoms with Crippen LogP contribution in [0.5, 0.6) is 5.75 Å². The zero-order valence-electron chi connectivity index (χ0n) is 10.6. The molecule has 1 atom stereocenters. The highest BCUT2D eigenvalue weighted by Crippen LogP contribution is 2.37. The van der Waals surface area contributed by atoms with Gasteiger partial charge in [0.1, 0.15) is 5.75 Å². The third-order valence-electron chi connectivity index (χ3n) is 2.67. The lowest BCUT2D eigenvalue weighted by atomic mass is 10.1. The first-order valence-corrected chi connectivity index (χ1v) is 6.69. The van der Waals surface area contributed by atoms with Crippen LogP contribution in [-0.2, 0) is 0 Å². The molecular formula is C15H17NOS. The summed E-state index contributed by atoms with van der Waals surface area (Å²) in [6, 6.07) is 16.3. The molecule has 18 heavy (non-hydrogen) atoms. The highest BCUT2D eigenvalue weighted by molar-refractivity contribution is 7.99. The van der Waals surface area contributed by atoms with E-state index in [9.17, 15) is 0 Å². The first-order valence-electron chi connectivity index (χ1n) is 5.87. The summed E-state index contributed by atoms with van der Waals surface area (Å²) in [5, 5.41) is 0. The first kappa shape index (κ1) is 13.0. The largest absolute Gasteiger partial charge is 0.496 e. The Morgan fingerprint density at radius 1 is 1.06 bits per heavy atom. The Morgan fingerprint density at radius 2 is 1.78 bits per heavy atom. The van der Waals surface area contributed by atoms with Gasteiger partial charge >= 0.3 is 0 Å². The molecule has 0 aliphatic rings. The van der Waals surface area contributed by atoms with E-state index in [2.05, 4.69) is 18.2 Å². The fourth-order valence-electron chi connectivity index (χ4n) is 1.86. The van der Waals surface area contributed by atoms with Crippen LogP contribution in [0.3, 0.4) is 0 Å². The fourth-order valence-corrected chi connectivity index (χ4v) is 2.95. The maximum Gasteiger partial charge on any atom is 0.124 e. The van der Waals surface area contributed by atoms with Gasteiger partial charge in [-0.1, -0.05) is 36.0 Å². The molecule has 0 spiro atoms. The monoisotopic (exact) mass is 259 g/mol. The summed E-state index contributed by atoms with van der Waals surface area (Å²) in [5.74, 6) is 0.853. The lowest BCUT2D eigenvalue weighted by Crippen LogP contribution is -2.08. The number of methoxy groups -OCH3 is 1. The normalized spacial score (nSPS) is 12.2. The van der Waals surface area contributed by atoms with Gasteiger partial charge in [-0.25, -0.2) is 0 Å². The van der Waals surface area contributed by atoms with Gasteiger partial charge in [-0.15, -0.1) is 0 Å². The van der Waals surface area contributed by atoms with Crippen LogP contribution in [0.25, 0.3) is 0 Å². The summed E-state index contributed by atoms with van der Waals surface area (Å²) >= 11 is 1.71. The van der Waals surface area contributed by atoms with Gasteiger partial charge < -0.3 is 10.5 Å². The Morgan fingerprint density at radius 3 is 2.39 bits per heavy atom. The van der Waals surface area contributed by atoms with Crippen LogP contribution in [0.1, 0.15) is 18.5 Å². The molecule has 2 rings (SSSR count). The van der Waals surface area contributed by atoms with Gasteiger partial charge in [0.2, 0.25) is 0 Å². The Hall–Kier alpha value is -1.45. The van der Waals surface area contributed by atoms with Gasteiger partial charge in [-0.05, 0) is 31.2 Å². The predicted octanol–water partition coefficient (Wildman–Crippen LogP) is 3.87. The molecule has 0 aromatic heterocycles. The molecule has 0 radical (unpaired) electrons. The summed E-state index contributed by atoms with van der Waals surface area (Å²) < 4.78 is 5.39. The lowest BCUT2D eigenvalue weighted by molar-refractivity contribution is 0.405. The van der Waals surface area contributed by atoms with Crippen molar-refractivity contribution in [3.8, 4) is 5.75 Å². The van der Waals surface area contributed by atoms with E-state index >= 15 is 0 Å². The molecule has 0 saturated carbocycles. The molecule has 0 bridgehead atoms. The van der Waals surface area contributed by atoms with Crippen LogP contribution >= 0.6 is 11.8 Å². The molecular weight excluding hydrogens is 242 g/mol. The van der Waals surface area contributed by atoms with Crippen LogP contribution in [0.15, 0.2) is 58.3 Å². The van der Waals surface area contributed by atoms with E-state index in [1.165, 1.54) is 4.90 Å². The van der Waals surface area contributed by atoms with E-state index < -0.39 is 0 Å². The van der Waals surface area contributed by atoms with Crippen molar-refractivity contribution in [2.24, 2.45) is 5.73 Å². The maximum absolute atomic E-state index is 6.05. The number of nitrogens with two attached hydrogens (primary N) is 1. The Labute approximate surface area is 112 Å². The zero-order chi connectivity index (χ0) is 13.0. The van der Waals surface area contributed by atoms with E-state index in [4.69, 9.17) is 10.5 Å². The van der Waals surface area contributed by atoms with Gasteiger partial charge in [0.05, 0.1) is 7.11 Å². The molecule has 0 unspecified atom stereocenters. The van der Waals surface area contributed by atoms with Crippen molar-refractivity contribution in [3.63, 3.8) is 0 Å². The maximum atomic E-state index is 6.05. The summed E-state index contributed by atoms with van der Waals surface area (Å²) in [6.45, 7) is 1.98. The Bertz CT molecular complexity index is 511. The fraction of sp³-hybridized carbons (Fsp3) is 0.200. The highest BCUT2D eigenvalue weighted by Gasteiger charge is 2.13. The molecule has 0 aliphatic carbocycles. The van der Waals surface area contributed by atoms with Gasteiger partial charge in [0, 0.05) is 21.4 Å². The topological polar surface area (TPSA) is 35.2 Å². The summed E-state index contributed by atoms with van der Waals surface area (Å²) in [4.78, 5) is 2.35. The molecule has 0 aliphatic heterocycles. The molecule has 94 valence electrons. The highest BCUT2D eigenvalue weighted by atomic mass is 32.2. The van der Waals surface area contributed by atoms with Crippen molar-refractivity contribution in [1.82, 2.24) is 0 Å². The van der Waals surface area contributed by atoms with Gasteiger partial charge in [-0.3, -0.25) is 0 Å². The van der Waals surface area contributed by atoms with Crippen molar-refractivity contribution in [1.29, 1.82) is 0 Å². The van der Waals surface area contributed by atoms with Crippen LogP contribution in [0, 0.1) is 0 Å². The van der Waals surface area contributed by atoms with Gasteiger partial charge in [0.25, 0.3) is 0 Å². The van der Waals surface area contributed by atoms with E-state index in [0.717, 1.165) is 16.2 Å². The Kier molecular flexibility index (Phi) is 4.28. The minimum atomic E-state index is -0.0487. The molecule has 2 aromatic rings. The van der Waals surface area contributed by atoms with E-state index in [1.54, 1.807) is 18.9 Å². The Balaban J connectivity index is 2.38. The lowest BCUT2D eigenvalue weighted by Gasteiger charge is -2.16. The van der Waals surface area contributed by atoms with Crippen LogP contribution in [-0.4, -0.2) is 7.11 Å². The van der Waals surface area contributed by atoms with Crippen molar-refractivity contribution in [2.75, 3.05) is 7.11 Å². The van der Waals surface area contributed by atoms with Crippen LogP contribution in [0.2, 0.25) is 0 Å². The minimum absolute atomic E-state index is 0.0487. The van der Waals surface area contributed by atoms with Crippen molar-refractivity contribution < 1.29 is 4.74 Å². The van der Waals surface area contributed by atoms with Crippen LogP contribution < -0.4 is 10.5 Å². The minimum Gasteiger partial charge on any atom is -0.496 e. The molecule has 0 heterocycles. The SMILES string of the molecule is COc1cccc(Sc2ccccc2)c1[C@@H](C)N. The van der Waals surface area contributed by atoms with Crippen LogP contribution in [0.4, 0.5) is 0 Å². The molecule has 2 nitrogen and oxygen atoms in total. The first-order chi connectivity index (χ1) is 8.72. The molecule has 2 N–H and O–H groups in total. The third kappa shape index (κ3) is 2.86. The summed E-state index contributed by atoms with van der Waals surface area (Å²) in [7, 11) is 1.68. The summed E-state index contributed by atoms with van der Waals surface area (Å²) in [6.07, 6.45) is 0. The van der Waals surface area contributed by atoms with E-state index in [0.29, 0.717) is 0 Å². The molecule has 0 amide bonds. The second kappa shape index (κ2) is 5.94. The van der Waals surface area contributed by atoms with E-state index in [-0.39, 0.29) is 6.04 Å². The number of benzene rings is 2. The number of rotatable bonds is 4. The van der Waals surface area contributed by atoms with Crippen molar-refractivity contribution in [2.45, 2.75) is 22.8 Å². The number of ether oxygens (including phenoxy) is 1. The van der Waals surface area contributed by atoms with Crippen molar-refractivity contribution >= 4 is 11.8 Å². The smallest absolute Gasteiger partial charge is 0.124 e. The third-order valence-corrected chi connectivity index (χ3v) is 3.76. The predicted molar refractivity (Wildman–Crippen MR) is 76.2 cm³/mol. The van der Waals surface area contributed by atoms with Gasteiger partial charge in [-0.2, -0.15) is 0 Å². The second-order valence-electron chi connectivity index (χ2n) is 4.08. The number of hydrogen-bond donors (Lipinski definition) is 1. The molecule has 0 fully saturated rings. The zero-order valence-corrected chi connectivity index (χ0v) is 11.4. The summed E-state index contributed by atoms with van der Waals surface area (Å²) in [5.41, 5.74) is 7.11. The van der Waals surface area contributed by atoms with Crippen molar-refractivity contribution in [3.05, 3.63) is 54.1 Å². The average molecular weight is 259 g/mol. The van der Waals surface area contributed by atoms with E-state index in [1.807, 2.05) is 37.3 Å².